The van der Waals surface area contributed by atoms with E-state index in [1.165, 1.54) is 6.07 Å². The van der Waals surface area contributed by atoms with Crippen molar-refractivity contribution in [1.29, 1.82) is 0 Å². The number of hydrogen-bond donors (Lipinski definition) is 2. The Morgan fingerprint density at radius 2 is 2.06 bits per heavy atom. The fourth-order valence-electron chi connectivity index (χ4n) is 4.29. The first-order chi connectivity index (χ1) is 16.5. The van der Waals surface area contributed by atoms with Gasteiger partial charge in [-0.25, -0.2) is 9.37 Å². The Balaban J connectivity index is 1.45. The molecule has 1 aliphatic rings. The lowest BCUT2D eigenvalue weighted by molar-refractivity contribution is -0.0261. The molecular formula is C26H25FN4O3. The number of benzene rings is 2. The van der Waals surface area contributed by atoms with Gasteiger partial charge in [-0.1, -0.05) is 36.4 Å². The first-order valence-corrected chi connectivity index (χ1v) is 11.2. The molecular weight excluding hydrogens is 435 g/mol. The van der Waals surface area contributed by atoms with Gasteiger partial charge in [0.2, 0.25) is 0 Å². The summed E-state index contributed by atoms with van der Waals surface area (Å²) >= 11 is 0. The lowest BCUT2D eigenvalue weighted by Crippen LogP contribution is -2.48. The van der Waals surface area contributed by atoms with Gasteiger partial charge in [0, 0.05) is 30.8 Å². The second kappa shape index (κ2) is 9.32. The molecule has 0 aliphatic carbocycles. The maximum atomic E-state index is 14.7. The molecule has 1 aliphatic heterocycles. The number of ether oxygens (including phenoxy) is 1. The number of aryl methyl sites for hydroxylation is 1. The predicted molar refractivity (Wildman–Crippen MR) is 126 cm³/mol. The summed E-state index contributed by atoms with van der Waals surface area (Å²) in [6.45, 7) is 0.632. The van der Waals surface area contributed by atoms with Crippen molar-refractivity contribution in [1.82, 2.24) is 20.1 Å². The smallest absolute Gasteiger partial charge is 0.270 e. The molecule has 2 aromatic carbocycles. The van der Waals surface area contributed by atoms with E-state index in [1.807, 2.05) is 49.8 Å². The molecule has 4 aromatic rings. The molecule has 5 rings (SSSR count). The van der Waals surface area contributed by atoms with Crippen molar-refractivity contribution >= 4 is 16.8 Å². The third-order valence-electron chi connectivity index (χ3n) is 6.14. The maximum absolute atomic E-state index is 14.7. The average Bonchev–Trinajstić information content (AvgIpc) is 3.27. The van der Waals surface area contributed by atoms with E-state index in [0.717, 1.165) is 22.3 Å². The summed E-state index contributed by atoms with van der Waals surface area (Å²) in [5.41, 5.74) is 4.19. The van der Waals surface area contributed by atoms with Crippen molar-refractivity contribution < 1.29 is 19.0 Å². The van der Waals surface area contributed by atoms with E-state index in [-0.39, 0.29) is 17.8 Å². The lowest BCUT2D eigenvalue weighted by atomic mass is 9.98. The van der Waals surface area contributed by atoms with Crippen molar-refractivity contribution in [2.24, 2.45) is 7.05 Å². The molecule has 1 amide bonds. The molecule has 2 N–H and O–H groups in total. The summed E-state index contributed by atoms with van der Waals surface area (Å²) in [4.78, 5) is 17.3. The molecule has 2 atom stereocenters. The van der Waals surface area contributed by atoms with Crippen LogP contribution in [0.5, 0.6) is 0 Å². The minimum atomic E-state index is -0.785. The average molecular weight is 461 g/mol. The summed E-state index contributed by atoms with van der Waals surface area (Å²) in [7, 11) is 1.88. The maximum Gasteiger partial charge on any atom is 0.270 e. The van der Waals surface area contributed by atoms with Gasteiger partial charge in [-0.05, 0) is 41.7 Å². The molecule has 1 fully saturated rings. The second-order valence-electron chi connectivity index (χ2n) is 8.59. The first-order valence-electron chi connectivity index (χ1n) is 11.2. The Hall–Kier alpha value is -3.62. The van der Waals surface area contributed by atoms with Crippen molar-refractivity contribution in [3.05, 3.63) is 83.6 Å². The zero-order valence-corrected chi connectivity index (χ0v) is 18.7. The van der Waals surface area contributed by atoms with Crippen molar-refractivity contribution in [3.8, 4) is 11.1 Å². The van der Waals surface area contributed by atoms with Gasteiger partial charge in [0.05, 0.1) is 24.9 Å². The van der Waals surface area contributed by atoms with Gasteiger partial charge >= 0.3 is 0 Å². The number of fused-ring (bicyclic) bond motifs is 1. The standard InChI is InChI=1S/C26H25FN4O3/c1-31-14-19(13-28-31)17-7-5-16(6-8-17)11-18-12-23(29-25-20(18)3-2-4-21(25)27)26(33)30-22-9-10-34-15-24(22)32/h2-8,12-14,22,24,32H,9-11,15H2,1H3,(H,30,33)/t22-,24-/m0/s1. The van der Waals surface area contributed by atoms with Crippen LogP contribution < -0.4 is 5.32 Å². The molecule has 0 bridgehead atoms. The van der Waals surface area contributed by atoms with Crippen molar-refractivity contribution in [2.45, 2.75) is 25.0 Å². The molecule has 34 heavy (non-hydrogen) atoms. The van der Waals surface area contributed by atoms with Crippen LogP contribution in [0.1, 0.15) is 28.0 Å². The number of para-hydroxylation sites is 1. The molecule has 0 spiro atoms. The number of aliphatic hydroxyl groups excluding tert-OH is 1. The fourth-order valence-corrected chi connectivity index (χ4v) is 4.29. The zero-order chi connectivity index (χ0) is 23.7. The number of carbonyl (C=O) groups is 1. The van der Waals surface area contributed by atoms with Crippen molar-refractivity contribution in [3.63, 3.8) is 0 Å². The third-order valence-corrected chi connectivity index (χ3v) is 6.14. The third kappa shape index (κ3) is 4.55. The second-order valence-corrected chi connectivity index (χ2v) is 8.59. The number of pyridine rings is 1. The van der Waals surface area contributed by atoms with Gasteiger partial charge in [-0.2, -0.15) is 5.10 Å². The largest absolute Gasteiger partial charge is 0.389 e. The van der Waals surface area contributed by atoms with E-state index in [9.17, 15) is 14.3 Å². The minimum Gasteiger partial charge on any atom is -0.389 e. The van der Waals surface area contributed by atoms with Gasteiger partial charge in [0.1, 0.15) is 17.0 Å². The van der Waals surface area contributed by atoms with E-state index in [2.05, 4.69) is 15.4 Å². The van der Waals surface area contributed by atoms with Crippen LogP contribution in [0.25, 0.3) is 22.0 Å². The zero-order valence-electron chi connectivity index (χ0n) is 18.7. The topological polar surface area (TPSA) is 89.3 Å². The molecule has 1 saturated heterocycles. The van der Waals surface area contributed by atoms with E-state index in [1.54, 1.807) is 16.8 Å². The monoisotopic (exact) mass is 460 g/mol. The number of carbonyl (C=O) groups excluding carboxylic acids is 1. The molecule has 2 aromatic heterocycles. The molecule has 3 heterocycles. The molecule has 0 unspecified atom stereocenters. The number of nitrogens with one attached hydrogen (secondary N) is 1. The van der Waals surface area contributed by atoms with Gasteiger partial charge in [-0.15, -0.1) is 0 Å². The number of amides is 1. The quantitative estimate of drug-likeness (QED) is 0.477. The molecule has 0 saturated carbocycles. The van der Waals surface area contributed by atoms with Gasteiger partial charge in [0.15, 0.2) is 0 Å². The van der Waals surface area contributed by atoms with Crippen LogP contribution in [0, 0.1) is 5.82 Å². The molecule has 174 valence electrons. The summed E-state index contributed by atoms with van der Waals surface area (Å²) in [5, 5.41) is 17.8. The minimum absolute atomic E-state index is 0.123. The Kier molecular flexibility index (Phi) is 6.08. The van der Waals surface area contributed by atoms with Crippen LogP contribution in [0.3, 0.4) is 0 Å². The Bertz CT molecular complexity index is 1340. The van der Waals surface area contributed by atoms with E-state index in [4.69, 9.17) is 4.74 Å². The summed E-state index contributed by atoms with van der Waals surface area (Å²) < 4.78 is 21.6. The Morgan fingerprint density at radius 1 is 1.24 bits per heavy atom. The fraction of sp³-hybridized carbons (Fsp3) is 0.269. The highest BCUT2D eigenvalue weighted by molar-refractivity contribution is 5.96. The number of hydrogen-bond acceptors (Lipinski definition) is 5. The van der Waals surface area contributed by atoms with Crippen LogP contribution >= 0.6 is 0 Å². The van der Waals surface area contributed by atoms with Crippen LogP contribution in [-0.2, 0) is 18.2 Å². The van der Waals surface area contributed by atoms with Crippen LogP contribution in [0.2, 0.25) is 0 Å². The number of aliphatic hydroxyl groups is 1. The highest BCUT2D eigenvalue weighted by Gasteiger charge is 2.26. The first kappa shape index (κ1) is 22.2. The highest BCUT2D eigenvalue weighted by atomic mass is 19.1. The van der Waals surface area contributed by atoms with Gasteiger partial charge in [-0.3, -0.25) is 9.48 Å². The number of rotatable bonds is 5. The van der Waals surface area contributed by atoms with Gasteiger partial charge in [0.25, 0.3) is 5.91 Å². The van der Waals surface area contributed by atoms with E-state index in [0.29, 0.717) is 24.8 Å². The SMILES string of the molecule is Cn1cc(-c2ccc(Cc3cc(C(=O)N[C@H]4CCOC[C@@H]4O)nc4c(F)cccc34)cc2)cn1. The predicted octanol–water partition coefficient (Wildman–Crippen LogP) is 3.24. The summed E-state index contributed by atoms with van der Waals surface area (Å²) in [6.07, 6.45) is 4.00. The number of halogens is 1. The van der Waals surface area contributed by atoms with Crippen LogP contribution in [0.4, 0.5) is 4.39 Å². The highest BCUT2D eigenvalue weighted by Crippen LogP contribution is 2.25. The van der Waals surface area contributed by atoms with Crippen molar-refractivity contribution in [2.75, 3.05) is 13.2 Å². The van der Waals surface area contributed by atoms with E-state index < -0.39 is 23.9 Å². The lowest BCUT2D eigenvalue weighted by Gasteiger charge is -2.28. The normalized spacial score (nSPS) is 18.2. The summed E-state index contributed by atoms with van der Waals surface area (Å²) in [5.74, 6) is -0.921. The molecule has 8 heteroatoms. The molecule has 0 radical (unpaired) electrons. The number of aromatic nitrogens is 3. The van der Waals surface area contributed by atoms with Crippen LogP contribution in [-0.4, -0.2) is 51.1 Å². The molecule has 7 nitrogen and oxygen atoms in total. The number of nitrogens with zero attached hydrogens (tertiary/aromatic N) is 3. The summed E-state index contributed by atoms with van der Waals surface area (Å²) in [6, 6.07) is 14.2. The van der Waals surface area contributed by atoms with Crippen LogP contribution in [0.15, 0.2) is 60.9 Å². The van der Waals surface area contributed by atoms with Gasteiger partial charge < -0.3 is 15.2 Å². The van der Waals surface area contributed by atoms with E-state index >= 15 is 0 Å². The Labute approximate surface area is 196 Å². The Morgan fingerprint density at radius 3 is 2.79 bits per heavy atom.